The first-order valence-corrected chi connectivity index (χ1v) is 8.29. The Hall–Kier alpha value is -0.380. The van der Waals surface area contributed by atoms with Crippen LogP contribution >= 0.6 is 46.6 Å². The molecule has 0 unspecified atom stereocenters. The van der Waals surface area contributed by atoms with Crippen molar-refractivity contribution in [3.8, 4) is 0 Å². The van der Waals surface area contributed by atoms with E-state index in [2.05, 4.69) is 0 Å². The second kappa shape index (κ2) is 7.58. The number of rotatable bonds is 5. The summed E-state index contributed by atoms with van der Waals surface area (Å²) in [5.74, 6) is 0.859. The molecule has 1 nitrogen and oxygen atoms in total. The third-order valence-corrected chi connectivity index (χ3v) is 5.05. The molecule has 0 radical (unpaired) electrons. The topological polar surface area (TPSA) is 26.0 Å². The highest BCUT2D eigenvalue weighted by atomic mass is 35.5. The summed E-state index contributed by atoms with van der Waals surface area (Å²) in [5.41, 5.74) is 8.10. The van der Waals surface area contributed by atoms with E-state index in [0.717, 1.165) is 16.3 Å². The Balaban J connectivity index is 2.07. The van der Waals surface area contributed by atoms with E-state index in [1.807, 2.05) is 36.4 Å². The second-order valence-electron chi connectivity index (χ2n) is 4.33. The normalized spacial score (nSPS) is 12.4. The summed E-state index contributed by atoms with van der Waals surface area (Å²) in [5, 5.41) is 2.19. The maximum atomic E-state index is 6.23. The van der Waals surface area contributed by atoms with Crippen molar-refractivity contribution in [2.45, 2.75) is 11.0 Å². The molecule has 2 N–H and O–H groups in total. The highest BCUT2D eigenvalue weighted by Crippen LogP contribution is 2.36. The largest absolute Gasteiger partial charge is 0.329 e. The third-order valence-electron chi connectivity index (χ3n) is 2.89. The van der Waals surface area contributed by atoms with E-state index >= 15 is 0 Å². The van der Waals surface area contributed by atoms with Crippen LogP contribution in [0.4, 0.5) is 0 Å². The lowest BCUT2D eigenvalue weighted by atomic mass is 10.1. The molecule has 0 aliphatic carbocycles. The van der Waals surface area contributed by atoms with E-state index in [9.17, 15) is 0 Å². The minimum Gasteiger partial charge on any atom is -0.329 e. The molecule has 0 aromatic heterocycles. The summed E-state index contributed by atoms with van der Waals surface area (Å²) >= 11 is 19.8. The molecule has 1 atom stereocenters. The molecule has 0 bridgehead atoms. The van der Waals surface area contributed by atoms with Gasteiger partial charge in [0.05, 0.1) is 0 Å². The zero-order valence-corrected chi connectivity index (χ0v) is 13.7. The van der Waals surface area contributed by atoms with Gasteiger partial charge in [0.15, 0.2) is 0 Å². The van der Waals surface area contributed by atoms with E-state index in [4.69, 9.17) is 40.5 Å². The lowest BCUT2D eigenvalue weighted by Gasteiger charge is -2.16. The van der Waals surface area contributed by atoms with Gasteiger partial charge in [-0.15, -0.1) is 11.8 Å². The minimum absolute atomic E-state index is 0.149. The number of hydrogen-bond donors (Lipinski definition) is 1. The molecule has 2 rings (SSSR count). The molecule has 0 aliphatic rings. The predicted octanol–water partition coefficient (Wildman–Crippen LogP) is 5.58. The quantitative estimate of drug-likeness (QED) is 0.764. The van der Waals surface area contributed by atoms with Crippen LogP contribution in [0.3, 0.4) is 0 Å². The molecule has 5 heteroatoms. The van der Waals surface area contributed by atoms with Crippen LogP contribution in [0.5, 0.6) is 0 Å². The highest BCUT2D eigenvalue weighted by Gasteiger charge is 2.14. The number of benzene rings is 2. The molecule has 2 aromatic carbocycles. The van der Waals surface area contributed by atoms with Crippen molar-refractivity contribution < 1.29 is 0 Å². The minimum atomic E-state index is 0.149. The molecular weight excluding hydrogens is 333 g/mol. The van der Waals surface area contributed by atoms with Crippen LogP contribution in [0.1, 0.15) is 16.4 Å². The van der Waals surface area contributed by atoms with Gasteiger partial charge in [0.2, 0.25) is 0 Å². The zero-order chi connectivity index (χ0) is 14.5. The smallest absolute Gasteiger partial charge is 0.0464 e. The van der Waals surface area contributed by atoms with Crippen molar-refractivity contribution in [1.29, 1.82) is 0 Å². The van der Waals surface area contributed by atoms with Crippen LogP contribution < -0.4 is 5.73 Å². The average Bonchev–Trinajstić information content (AvgIpc) is 2.43. The highest BCUT2D eigenvalue weighted by molar-refractivity contribution is 7.98. The van der Waals surface area contributed by atoms with Crippen LogP contribution in [-0.4, -0.2) is 6.54 Å². The Morgan fingerprint density at radius 2 is 1.60 bits per heavy atom. The van der Waals surface area contributed by atoms with Crippen molar-refractivity contribution in [2.24, 2.45) is 5.73 Å². The molecule has 0 spiro atoms. The Bertz CT molecular complexity index is 572. The first-order valence-electron chi connectivity index (χ1n) is 6.11. The van der Waals surface area contributed by atoms with Gasteiger partial charge in [0.25, 0.3) is 0 Å². The van der Waals surface area contributed by atoms with E-state index in [1.165, 1.54) is 5.56 Å². The fourth-order valence-corrected chi connectivity index (χ4v) is 3.66. The molecular formula is C15H14Cl3NS. The van der Waals surface area contributed by atoms with Crippen molar-refractivity contribution in [3.63, 3.8) is 0 Å². The van der Waals surface area contributed by atoms with E-state index in [0.29, 0.717) is 16.6 Å². The summed E-state index contributed by atoms with van der Waals surface area (Å²) in [6, 6.07) is 13.4. The van der Waals surface area contributed by atoms with Gasteiger partial charge >= 0.3 is 0 Å². The maximum absolute atomic E-state index is 6.23. The zero-order valence-electron chi connectivity index (χ0n) is 10.7. The number of thioether (sulfide) groups is 1. The van der Waals surface area contributed by atoms with Gasteiger partial charge in [-0.3, -0.25) is 0 Å². The Morgan fingerprint density at radius 3 is 2.20 bits per heavy atom. The first kappa shape index (κ1) is 16.0. The van der Waals surface area contributed by atoms with Crippen LogP contribution in [0.2, 0.25) is 15.1 Å². The third kappa shape index (κ3) is 4.31. The van der Waals surface area contributed by atoms with Gasteiger partial charge in [-0.1, -0.05) is 53.0 Å². The molecule has 0 heterocycles. The van der Waals surface area contributed by atoms with Gasteiger partial charge in [-0.25, -0.2) is 0 Å². The van der Waals surface area contributed by atoms with Crippen LogP contribution in [0.15, 0.2) is 42.5 Å². The Kier molecular flexibility index (Phi) is 6.06. The SMILES string of the molecule is NC[C@H](SCc1ccc(Cl)cc1)c1ccc(Cl)cc1Cl. The lowest BCUT2D eigenvalue weighted by molar-refractivity contribution is 0.940. The van der Waals surface area contributed by atoms with Gasteiger partial charge in [-0.05, 0) is 35.4 Å². The van der Waals surface area contributed by atoms with Crippen molar-refractivity contribution in [1.82, 2.24) is 0 Å². The fourth-order valence-electron chi connectivity index (χ4n) is 1.82. The fraction of sp³-hybridized carbons (Fsp3) is 0.200. The monoisotopic (exact) mass is 345 g/mol. The maximum Gasteiger partial charge on any atom is 0.0464 e. The lowest BCUT2D eigenvalue weighted by Crippen LogP contribution is -2.10. The Labute approximate surface area is 138 Å². The molecule has 0 saturated carbocycles. The molecule has 0 amide bonds. The number of hydrogen-bond acceptors (Lipinski definition) is 2. The molecule has 20 heavy (non-hydrogen) atoms. The summed E-state index contributed by atoms with van der Waals surface area (Å²) < 4.78 is 0. The van der Waals surface area contributed by atoms with Crippen molar-refractivity contribution in [2.75, 3.05) is 6.54 Å². The van der Waals surface area contributed by atoms with Gasteiger partial charge in [0, 0.05) is 32.6 Å². The van der Waals surface area contributed by atoms with Gasteiger partial charge < -0.3 is 5.73 Å². The summed E-state index contributed by atoms with van der Waals surface area (Å²) in [6.45, 7) is 0.527. The number of nitrogens with two attached hydrogens (primary N) is 1. The van der Waals surface area contributed by atoms with E-state index in [-0.39, 0.29) is 5.25 Å². The molecule has 2 aromatic rings. The van der Waals surface area contributed by atoms with Crippen molar-refractivity contribution >= 4 is 46.6 Å². The van der Waals surface area contributed by atoms with Gasteiger partial charge in [0.1, 0.15) is 0 Å². The standard InChI is InChI=1S/C15H14Cl3NS/c16-11-3-1-10(2-4-11)9-20-15(8-19)13-6-5-12(17)7-14(13)18/h1-7,15H,8-9,19H2/t15-/m0/s1. The van der Waals surface area contributed by atoms with Crippen LogP contribution in [0, 0.1) is 0 Å². The van der Waals surface area contributed by atoms with Crippen molar-refractivity contribution in [3.05, 3.63) is 68.7 Å². The average molecular weight is 347 g/mol. The summed E-state index contributed by atoms with van der Waals surface area (Å²) in [6.07, 6.45) is 0. The number of halogens is 3. The first-order chi connectivity index (χ1) is 9.60. The van der Waals surface area contributed by atoms with E-state index < -0.39 is 0 Å². The second-order valence-corrected chi connectivity index (χ2v) is 6.80. The van der Waals surface area contributed by atoms with E-state index in [1.54, 1.807) is 17.8 Å². The summed E-state index contributed by atoms with van der Waals surface area (Å²) in [4.78, 5) is 0. The molecule has 0 fully saturated rings. The van der Waals surface area contributed by atoms with Gasteiger partial charge in [-0.2, -0.15) is 0 Å². The molecule has 0 saturated heterocycles. The molecule has 0 aliphatic heterocycles. The Morgan fingerprint density at radius 1 is 0.950 bits per heavy atom. The van der Waals surface area contributed by atoms with Crippen LogP contribution in [-0.2, 0) is 5.75 Å². The predicted molar refractivity (Wildman–Crippen MR) is 91.0 cm³/mol. The molecule has 106 valence electrons. The van der Waals surface area contributed by atoms with Crippen LogP contribution in [0.25, 0.3) is 0 Å². The summed E-state index contributed by atoms with van der Waals surface area (Å²) in [7, 11) is 0.